The van der Waals surface area contributed by atoms with Crippen molar-refractivity contribution in [1.29, 1.82) is 0 Å². The van der Waals surface area contributed by atoms with Crippen LogP contribution in [-0.4, -0.2) is 25.6 Å². The number of aromatic nitrogens is 1. The summed E-state index contributed by atoms with van der Waals surface area (Å²) in [5, 5.41) is 5.26. The number of sulfone groups is 1. The van der Waals surface area contributed by atoms with E-state index in [9.17, 15) is 13.2 Å². The minimum Gasteiger partial charge on any atom is -0.302 e. The summed E-state index contributed by atoms with van der Waals surface area (Å²) in [6, 6.07) is 12.5. The maximum absolute atomic E-state index is 12.2. The number of hydrogen-bond acceptors (Lipinski definition) is 5. The second-order valence-corrected chi connectivity index (χ2v) is 9.35. The summed E-state index contributed by atoms with van der Waals surface area (Å²) in [6.07, 6.45) is 1.31. The molecule has 0 saturated heterocycles. The number of aryl methyl sites for hydroxylation is 2. The largest absolute Gasteiger partial charge is 0.302 e. The van der Waals surface area contributed by atoms with Crippen LogP contribution in [0.5, 0.6) is 0 Å². The van der Waals surface area contributed by atoms with Gasteiger partial charge in [0.2, 0.25) is 5.91 Å². The van der Waals surface area contributed by atoms with E-state index in [1.54, 1.807) is 12.1 Å². The molecule has 1 amide bonds. The van der Waals surface area contributed by atoms with E-state index in [-0.39, 0.29) is 17.2 Å². The van der Waals surface area contributed by atoms with Gasteiger partial charge in [0.1, 0.15) is 0 Å². The van der Waals surface area contributed by atoms with E-state index in [4.69, 9.17) is 0 Å². The van der Waals surface area contributed by atoms with Gasteiger partial charge in [-0.2, -0.15) is 0 Å². The number of nitrogens with one attached hydrogen (secondary N) is 1. The van der Waals surface area contributed by atoms with Gasteiger partial charge in [-0.3, -0.25) is 4.79 Å². The lowest BCUT2D eigenvalue weighted by Crippen LogP contribution is -2.14. The zero-order valence-electron chi connectivity index (χ0n) is 15.3. The van der Waals surface area contributed by atoms with Crippen LogP contribution < -0.4 is 5.32 Å². The van der Waals surface area contributed by atoms with Crippen molar-refractivity contribution in [3.63, 3.8) is 0 Å². The number of thiazole rings is 1. The van der Waals surface area contributed by atoms with Gasteiger partial charge in [0.15, 0.2) is 15.0 Å². The van der Waals surface area contributed by atoms with Crippen LogP contribution in [0.1, 0.15) is 16.7 Å². The first-order valence-corrected chi connectivity index (χ1v) is 11.1. The van der Waals surface area contributed by atoms with Crippen LogP contribution in [0.15, 0.2) is 52.7 Å². The molecule has 1 heterocycles. The molecule has 0 radical (unpaired) electrons. The smallest absolute Gasteiger partial charge is 0.230 e. The number of benzene rings is 2. The SMILES string of the molecule is Cc1ccc(-c2csc(NC(=O)Cc3ccc(S(C)(=O)=O)cc3)n2)cc1C. The van der Waals surface area contributed by atoms with Gasteiger partial charge in [-0.25, -0.2) is 13.4 Å². The molecule has 0 unspecified atom stereocenters. The fourth-order valence-electron chi connectivity index (χ4n) is 2.57. The first kappa shape index (κ1) is 19.3. The molecule has 0 aliphatic rings. The predicted octanol–water partition coefficient (Wildman–Crippen LogP) is 4.01. The standard InChI is InChI=1S/C20H20N2O3S2/c1-13-4-7-16(10-14(13)2)18-12-26-20(21-18)22-19(23)11-15-5-8-17(9-6-15)27(3,24)25/h4-10,12H,11H2,1-3H3,(H,21,22,23). The van der Waals surface area contributed by atoms with E-state index in [0.717, 1.165) is 23.1 Å². The summed E-state index contributed by atoms with van der Waals surface area (Å²) in [4.78, 5) is 17.0. The van der Waals surface area contributed by atoms with Gasteiger partial charge in [-0.15, -0.1) is 11.3 Å². The Labute approximate surface area is 163 Å². The Hall–Kier alpha value is -2.51. The molecule has 0 bridgehead atoms. The zero-order chi connectivity index (χ0) is 19.6. The molecule has 7 heteroatoms. The summed E-state index contributed by atoms with van der Waals surface area (Å²) >= 11 is 1.38. The highest BCUT2D eigenvalue weighted by Gasteiger charge is 2.11. The van der Waals surface area contributed by atoms with Gasteiger partial charge >= 0.3 is 0 Å². The Kier molecular flexibility index (Phi) is 5.43. The molecule has 3 rings (SSSR count). The van der Waals surface area contributed by atoms with Crippen molar-refractivity contribution in [3.05, 3.63) is 64.5 Å². The highest BCUT2D eigenvalue weighted by atomic mass is 32.2. The van der Waals surface area contributed by atoms with Crippen LogP contribution in [0.3, 0.4) is 0 Å². The first-order chi connectivity index (χ1) is 12.7. The predicted molar refractivity (Wildman–Crippen MR) is 109 cm³/mol. The van der Waals surface area contributed by atoms with Crippen molar-refractivity contribution in [3.8, 4) is 11.3 Å². The summed E-state index contributed by atoms with van der Waals surface area (Å²) < 4.78 is 23.0. The molecule has 1 N–H and O–H groups in total. The van der Waals surface area contributed by atoms with E-state index in [1.807, 2.05) is 11.4 Å². The summed E-state index contributed by atoms with van der Waals surface area (Å²) in [6.45, 7) is 4.12. The zero-order valence-corrected chi connectivity index (χ0v) is 16.9. The second-order valence-electron chi connectivity index (χ2n) is 6.48. The van der Waals surface area contributed by atoms with E-state index < -0.39 is 9.84 Å². The average molecular weight is 401 g/mol. The molecule has 2 aromatic carbocycles. The van der Waals surface area contributed by atoms with Crippen molar-refractivity contribution in [2.45, 2.75) is 25.2 Å². The molecule has 140 valence electrons. The molecule has 3 aromatic rings. The first-order valence-electron chi connectivity index (χ1n) is 8.34. The molecule has 0 atom stereocenters. The maximum Gasteiger partial charge on any atom is 0.230 e. The van der Waals surface area contributed by atoms with Crippen molar-refractivity contribution in [2.24, 2.45) is 0 Å². The third kappa shape index (κ3) is 4.81. The number of nitrogens with zero attached hydrogens (tertiary/aromatic N) is 1. The Morgan fingerprint density at radius 3 is 2.41 bits per heavy atom. The highest BCUT2D eigenvalue weighted by Crippen LogP contribution is 2.26. The van der Waals surface area contributed by atoms with Crippen LogP contribution in [0.25, 0.3) is 11.3 Å². The molecule has 0 spiro atoms. The average Bonchev–Trinajstić information content (AvgIpc) is 3.05. The lowest BCUT2D eigenvalue weighted by molar-refractivity contribution is -0.115. The maximum atomic E-state index is 12.2. The number of anilines is 1. The summed E-state index contributed by atoms with van der Waals surface area (Å²) in [5.74, 6) is -0.192. The fourth-order valence-corrected chi connectivity index (χ4v) is 3.93. The van der Waals surface area contributed by atoms with Crippen LogP contribution in [-0.2, 0) is 21.1 Å². The molecule has 0 aliphatic carbocycles. The number of hydrogen-bond donors (Lipinski definition) is 1. The Balaban J connectivity index is 1.66. The molecule has 0 aliphatic heterocycles. The molecule has 27 heavy (non-hydrogen) atoms. The third-order valence-corrected chi connectivity index (χ3v) is 6.16. The van der Waals surface area contributed by atoms with E-state index in [1.165, 1.54) is 34.6 Å². The van der Waals surface area contributed by atoms with Crippen molar-refractivity contribution < 1.29 is 13.2 Å². The molecule has 0 fully saturated rings. The van der Waals surface area contributed by atoms with Gasteiger partial charge in [0.25, 0.3) is 0 Å². The number of rotatable bonds is 5. The molecular weight excluding hydrogens is 380 g/mol. The lowest BCUT2D eigenvalue weighted by atomic mass is 10.1. The third-order valence-electron chi connectivity index (χ3n) is 4.27. The van der Waals surface area contributed by atoms with Gasteiger partial charge < -0.3 is 5.32 Å². The Bertz CT molecular complexity index is 1080. The van der Waals surface area contributed by atoms with Crippen LogP contribution in [0, 0.1) is 13.8 Å². The summed E-state index contributed by atoms with van der Waals surface area (Å²) in [5.41, 5.74) is 5.01. The topological polar surface area (TPSA) is 76.1 Å². The van der Waals surface area contributed by atoms with Gasteiger partial charge in [0, 0.05) is 17.2 Å². The summed E-state index contributed by atoms with van der Waals surface area (Å²) in [7, 11) is -3.23. The van der Waals surface area contributed by atoms with E-state index in [0.29, 0.717) is 5.13 Å². The van der Waals surface area contributed by atoms with Crippen LogP contribution in [0.4, 0.5) is 5.13 Å². The highest BCUT2D eigenvalue weighted by molar-refractivity contribution is 7.90. The molecule has 0 saturated carbocycles. The number of amides is 1. The minimum absolute atomic E-state index is 0.155. The number of carbonyl (C=O) groups excluding carboxylic acids is 1. The van der Waals surface area contributed by atoms with Crippen molar-refractivity contribution >= 4 is 32.2 Å². The van der Waals surface area contributed by atoms with Gasteiger partial charge in [-0.05, 0) is 48.7 Å². The van der Waals surface area contributed by atoms with Crippen molar-refractivity contribution in [2.75, 3.05) is 11.6 Å². The Morgan fingerprint density at radius 1 is 1.07 bits per heavy atom. The second kappa shape index (κ2) is 7.62. The van der Waals surface area contributed by atoms with E-state index >= 15 is 0 Å². The van der Waals surface area contributed by atoms with Gasteiger partial charge in [-0.1, -0.05) is 24.3 Å². The fraction of sp³-hybridized carbons (Fsp3) is 0.200. The van der Waals surface area contributed by atoms with Crippen molar-refractivity contribution in [1.82, 2.24) is 4.98 Å². The van der Waals surface area contributed by atoms with Crippen LogP contribution >= 0.6 is 11.3 Å². The molecule has 5 nitrogen and oxygen atoms in total. The Morgan fingerprint density at radius 2 is 1.78 bits per heavy atom. The van der Waals surface area contributed by atoms with E-state index in [2.05, 4.69) is 36.3 Å². The molecular formula is C20H20N2O3S2. The molecule has 1 aromatic heterocycles. The number of carbonyl (C=O) groups is 1. The van der Waals surface area contributed by atoms with Gasteiger partial charge in [0.05, 0.1) is 17.0 Å². The monoisotopic (exact) mass is 400 g/mol. The van der Waals surface area contributed by atoms with Crippen LogP contribution in [0.2, 0.25) is 0 Å². The quantitative estimate of drug-likeness (QED) is 0.702. The minimum atomic E-state index is -3.23. The lowest BCUT2D eigenvalue weighted by Gasteiger charge is -2.04. The normalized spacial score (nSPS) is 11.4.